The quantitative estimate of drug-likeness (QED) is 0.320. The number of halogens is 1. The van der Waals surface area contributed by atoms with E-state index in [9.17, 15) is 0 Å². The van der Waals surface area contributed by atoms with E-state index in [1.54, 1.807) is 5.57 Å². The van der Waals surface area contributed by atoms with Crippen LogP contribution in [0.3, 0.4) is 0 Å². The number of nitrogens with zero attached hydrogens (tertiary/aromatic N) is 2. The third kappa shape index (κ3) is 2.96. The molecule has 2 unspecified atom stereocenters. The Kier molecular flexibility index (Phi) is 4.54. The lowest BCUT2D eigenvalue weighted by molar-refractivity contribution is 0.371. The Morgan fingerprint density at radius 1 is 1.43 bits per heavy atom. The van der Waals surface area contributed by atoms with Gasteiger partial charge in [0, 0.05) is 23.5 Å². The summed E-state index contributed by atoms with van der Waals surface area (Å²) >= 11 is 6.03. The Bertz CT molecular complexity index is 513. The van der Waals surface area contributed by atoms with Crippen LogP contribution in [-0.2, 0) is 0 Å². The molecule has 0 amide bonds. The Morgan fingerprint density at radius 2 is 2.29 bits per heavy atom. The van der Waals surface area contributed by atoms with Crippen LogP contribution in [0.2, 0.25) is 0 Å². The topological polar surface area (TPSA) is 15.6 Å². The molecule has 3 heteroatoms. The fraction of sp³-hybridized carbons (Fsp3) is 0.611. The summed E-state index contributed by atoms with van der Waals surface area (Å²) in [6.45, 7) is 5.00. The van der Waals surface area contributed by atoms with Gasteiger partial charge in [-0.25, -0.2) is 0 Å². The summed E-state index contributed by atoms with van der Waals surface area (Å²) in [6.07, 6.45) is 15.2. The van der Waals surface area contributed by atoms with E-state index in [1.165, 1.54) is 31.4 Å². The average molecular weight is 305 g/mol. The largest absolute Gasteiger partial charge is 0.323 e. The molecular formula is C18H25ClN2. The fourth-order valence-corrected chi connectivity index (χ4v) is 3.87. The Hall–Kier alpha value is -1.02. The lowest BCUT2D eigenvalue weighted by Crippen LogP contribution is -2.37. The molecule has 2 nitrogen and oxygen atoms in total. The Morgan fingerprint density at radius 3 is 3.10 bits per heavy atom. The van der Waals surface area contributed by atoms with Crippen molar-refractivity contribution in [1.82, 2.24) is 4.90 Å². The molecule has 0 spiro atoms. The number of allylic oxidation sites excluding steroid dienone is 3. The van der Waals surface area contributed by atoms with Gasteiger partial charge in [0.1, 0.15) is 5.84 Å². The molecule has 0 radical (unpaired) electrons. The molecule has 0 aromatic rings. The highest BCUT2D eigenvalue weighted by Crippen LogP contribution is 2.44. The minimum Gasteiger partial charge on any atom is -0.323 e. The molecule has 1 heterocycles. The molecule has 114 valence electrons. The summed E-state index contributed by atoms with van der Waals surface area (Å²) in [6, 6.07) is 0.490. The van der Waals surface area contributed by atoms with Crippen LogP contribution in [0.15, 0.2) is 40.6 Å². The van der Waals surface area contributed by atoms with Crippen molar-refractivity contribution in [2.75, 3.05) is 6.54 Å². The number of alkyl halides is 1. The molecule has 0 fully saturated rings. The lowest BCUT2D eigenvalue weighted by atomic mass is 9.83. The molecule has 0 aromatic carbocycles. The van der Waals surface area contributed by atoms with E-state index in [-0.39, 0.29) is 5.38 Å². The highest BCUT2D eigenvalue weighted by atomic mass is 35.5. The Labute approximate surface area is 133 Å². The van der Waals surface area contributed by atoms with E-state index in [0.29, 0.717) is 12.0 Å². The minimum atomic E-state index is 0.201. The summed E-state index contributed by atoms with van der Waals surface area (Å²) in [5.41, 5.74) is 3.08. The first-order valence-corrected chi connectivity index (χ1v) is 8.62. The third-order valence-corrected chi connectivity index (χ3v) is 5.01. The number of fused-ring (bicyclic) bond motifs is 2. The number of amidine groups is 1. The monoisotopic (exact) mass is 304 g/mol. The van der Waals surface area contributed by atoms with Gasteiger partial charge >= 0.3 is 0 Å². The van der Waals surface area contributed by atoms with Crippen molar-refractivity contribution in [3.63, 3.8) is 0 Å². The molecule has 0 aromatic heterocycles. The molecule has 3 aliphatic rings. The van der Waals surface area contributed by atoms with Gasteiger partial charge in [0.05, 0.1) is 6.04 Å². The van der Waals surface area contributed by atoms with Gasteiger partial charge < -0.3 is 4.90 Å². The molecule has 0 saturated carbocycles. The van der Waals surface area contributed by atoms with Crippen molar-refractivity contribution in [1.29, 1.82) is 0 Å². The zero-order valence-corrected chi connectivity index (χ0v) is 13.8. The van der Waals surface area contributed by atoms with Gasteiger partial charge in [-0.15, -0.1) is 11.6 Å². The van der Waals surface area contributed by atoms with E-state index < -0.39 is 0 Å². The average Bonchev–Trinajstić information content (AvgIpc) is 2.81. The maximum atomic E-state index is 6.03. The van der Waals surface area contributed by atoms with Crippen molar-refractivity contribution in [2.24, 2.45) is 10.9 Å². The van der Waals surface area contributed by atoms with Gasteiger partial charge in [-0.2, -0.15) is 0 Å². The van der Waals surface area contributed by atoms with Gasteiger partial charge in [0.25, 0.3) is 0 Å². The van der Waals surface area contributed by atoms with Crippen molar-refractivity contribution >= 4 is 17.4 Å². The molecule has 0 N–H and O–H groups in total. The van der Waals surface area contributed by atoms with Crippen molar-refractivity contribution in [3.05, 3.63) is 35.6 Å². The van der Waals surface area contributed by atoms with Crippen LogP contribution in [0.1, 0.15) is 46.0 Å². The first-order chi connectivity index (χ1) is 10.2. The minimum absolute atomic E-state index is 0.201. The van der Waals surface area contributed by atoms with Crippen molar-refractivity contribution < 1.29 is 0 Å². The van der Waals surface area contributed by atoms with Gasteiger partial charge in [-0.1, -0.05) is 18.2 Å². The standard InChI is InChI=1S/C18H25ClN2/c1-13(19)11-12-20-14(2)21-17-9-5-3-7-15(17)16-8-4-6-10-18(16)21/h5-6,9-10,13,15,17H,3-4,7-8,11-12H2,1-2H3/b20-14+/t13?,15-,17?/m1/s1. The van der Waals surface area contributed by atoms with Crippen LogP contribution < -0.4 is 0 Å². The second-order valence-electron chi connectivity index (χ2n) is 6.32. The second-order valence-corrected chi connectivity index (χ2v) is 7.07. The predicted molar refractivity (Wildman–Crippen MR) is 90.8 cm³/mol. The number of rotatable bonds is 3. The van der Waals surface area contributed by atoms with E-state index >= 15 is 0 Å². The predicted octanol–water partition coefficient (Wildman–Crippen LogP) is 4.68. The number of hydrogen-bond acceptors (Lipinski definition) is 1. The van der Waals surface area contributed by atoms with Crippen LogP contribution >= 0.6 is 11.6 Å². The molecule has 3 atom stereocenters. The summed E-state index contributed by atoms with van der Waals surface area (Å²) in [5, 5.41) is 0.201. The van der Waals surface area contributed by atoms with Crippen LogP contribution in [0.25, 0.3) is 0 Å². The SMILES string of the molecule is C/C(=N\CCC(C)Cl)N1C2=C(CCC=C2)[C@H]2CCC=CC21. The normalized spacial score (nSPS) is 29.7. The first-order valence-electron chi connectivity index (χ1n) is 8.19. The fourth-order valence-electron chi connectivity index (χ4n) is 3.77. The number of aliphatic imine (C=N–C) groups is 1. The van der Waals surface area contributed by atoms with E-state index in [2.05, 4.69) is 36.1 Å². The maximum absolute atomic E-state index is 6.03. The molecular weight excluding hydrogens is 280 g/mol. The van der Waals surface area contributed by atoms with Gasteiger partial charge in [-0.3, -0.25) is 4.99 Å². The number of hydrogen-bond donors (Lipinski definition) is 0. The second kappa shape index (κ2) is 6.39. The van der Waals surface area contributed by atoms with Crippen molar-refractivity contribution in [2.45, 2.75) is 57.4 Å². The molecule has 0 bridgehead atoms. The van der Waals surface area contributed by atoms with Crippen LogP contribution in [0.4, 0.5) is 0 Å². The van der Waals surface area contributed by atoms with E-state index in [1.807, 2.05) is 6.92 Å². The van der Waals surface area contributed by atoms with Gasteiger partial charge in [0.15, 0.2) is 0 Å². The van der Waals surface area contributed by atoms with Crippen molar-refractivity contribution in [3.8, 4) is 0 Å². The summed E-state index contributed by atoms with van der Waals surface area (Å²) in [4.78, 5) is 7.25. The van der Waals surface area contributed by atoms with Gasteiger partial charge in [0.2, 0.25) is 0 Å². The molecule has 2 aliphatic carbocycles. The van der Waals surface area contributed by atoms with Gasteiger partial charge in [-0.05, 0) is 57.6 Å². The highest BCUT2D eigenvalue weighted by Gasteiger charge is 2.40. The van der Waals surface area contributed by atoms with E-state index in [4.69, 9.17) is 16.6 Å². The lowest BCUT2D eigenvalue weighted by Gasteiger charge is -2.31. The zero-order valence-electron chi connectivity index (χ0n) is 13.1. The zero-order chi connectivity index (χ0) is 14.8. The molecule has 1 aliphatic heterocycles. The van der Waals surface area contributed by atoms with Crippen LogP contribution in [0, 0.1) is 5.92 Å². The molecule has 3 rings (SSSR count). The smallest absolute Gasteiger partial charge is 0.101 e. The van der Waals surface area contributed by atoms with Crippen LogP contribution in [-0.4, -0.2) is 28.7 Å². The summed E-state index contributed by atoms with van der Waals surface area (Å²) in [5.74, 6) is 1.84. The summed E-state index contributed by atoms with van der Waals surface area (Å²) < 4.78 is 0. The Balaban J connectivity index is 1.85. The first kappa shape index (κ1) is 14.9. The third-order valence-electron chi connectivity index (χ3n) is 4.80. The molecule has 21 heavy (non-hydrogen) atoms. The molecule has 0 saturated heterocycles. The van der Waals surface area contributed by atoms with E-state index in [0.717, 1.165) is 18.8 Å². The highest BCUT2D eigenvalue weighted by molar-refractivity contribution is 6.20. The summed E-state index contributed by atoms with van der Waals surface area (Å²) in [7, 11) is 0. The maximum Gasteiger partial charge on any atom is 0.101 e. The van der Waals surface area contributed by atoms with Crippen LogP contribution in [0.5, 0.6) is 0 Å².